The molecule has 8 heteroatoms. The van der Waals surface area contributed by atoms with Gasteiger partial charge in [-0.2, -0.15) is 0 Å². The average Bonchev–Trinajstić information content (AvgIpc) is 3.59. The highest BCUT2D eigenvalue weighted by molar-refractivity contribution is 7.19. The summed E-state index contributed by atoms with van der Waals surface area (Å²) in [4.78, 5) is 17.7. The number of piperidine rings is 1. The number of nitrogens with zero attached hydrogens (tertiary/aromatic N) is 4. The maximum Gasteiger partial charge on any atom is 0.146 e. The van der Waals surface area contributed by atoms with Crippen molar-refractivity contribution in [1.29, 1.82) is 0 Å². The molecule has 0 spiro atoms. The van der Waals surface area contributed by atoms with Crippen LogP contribution < -0.4 is 5.32 Å². The quantitative estimate of drug-likeness (QED) is 0.557. The first-order valence-electron chi connectivity index (χ1n) is 12.5. The smallest absolute Gasteiger partial charge is 0.146 e. The maximum atomic E-state index is 5.88. The van der Waals surface area contributed by atoms with E-state index in [1.807, 2.05) is 17.4 Å². The summed E-state index contributed by atoms with van der Waals surface area (Å²) in [5, 5.41) is 5.04. The van der Waals surface area contributed by atoms with Crippen LogP contribution in [0.3, 0.4) is 0 Å². The molecule has 1 N–H and O–H groups in total. The molecule has 0 bridgehead atoms. The van der Waals surface area contributed by atoms with Crippen molar-refractivity contribution < 1.29 is 9.15 Å². The molecular formula is C25H33N5O2S. The van der Waals surface area contributed by atoms with Gasteiger partial charge in [-0.25, -0.2) is 9.97 Å². The molecule has 1 atom stereocenters. The number of morpholine rings is 1. The number of likely N-dealkylation sites (tertiary alicyclic amines) is 1. The van der Waals surface area contributed by atoms with E-state index >= 15 is 0 Å². The van der Waals surface area contributed by atoms with Crippen molar-refractivity contribution in [2.45, 2.75) is 51.1 Å². The third-order valence-electron chi connectivity index (χ3n) is 7.25. The van der Waals surface area contributed by atoms with Gasteiger partial charge >= 0.3 is 0 Å². The number of aryl methyl sites for hydroxylation is 2. The van der Waals surface area contributed by atoms with Crippen molar-refractivity contribution in [3.8, 4) is 0 Å². The highest BCUT2D eigenvalue weighted by Gasteiger charge is 2.27. The summed E-state index contributed by atoms with van der Waals surface area (Å²) in [5.41, 5.74) is 1.47. The fraction of sp³-hybridized carbons (Fsp3) is 0.600. The zero-order valence-electron chi connectivity index (χ0n) is 19.2. The number of hydrogen-bond donors (Lipinski definition) is 1. The number of nitrogens with one attached hydrogen (secondary N) is 1. The van der Waals surface area contributed by atoms with Crippen molar-refractivity contribution in [2.75, 3.05) is 51.3 Å². The predicted molar refractivity (Wildman–Crippen MR) is 131 cm³/mol. The Kier molecular flexibility index (Phi) is 6.33. The van der Waals surface area contributed by atoms with Gasteiger partial charge in [0.1, 0.15) is 22.2 Å². The number of aromatic nitrogens is 2. The zero-order valence-corrected chi connectivity index (χ0v) is 20.0. The molecule has 1 aliphatic carbocycles. The van der Waals surface area contributed by atoms with Crippen LogP contribution in [0.1, 0.15) is 53.8 Å². The van der Waals surface area contributed by atoms with E-state index in [4.69, 9.17) is 19.1 Å². The standard InChI is InChI=1S/C25H33N5O2S/c1-2-9-30(10-3-1)19(20-7-5-13-32-20)16-26-24-23-18-6-4-8-21(18)33-25(23)28-22(27-24)17-29-11-14-31-15-12-29/h5,7,13,19H,1-4,6,8-12,14-17H2,(H,26,27,28). The minimum atomic E-state index is 0.222. The van der Waals surface area contributed by atoms with Crippen LogP contribution in [0.15, 0.2) is 22.8 Å². The van der Waals surface area contributed by atoms with Crippen LogP contribution in [0.25, 0.3) is 10.2 Å². The second-order valence-electron chi connectivity index (χ2n) is 9.42. The fourth-order valence-electron chi connectivity index (χ4n) is 5.51. The maximum absolute atomic E-state index is 5.88. The molecule has 6 rings (SSSR count). The van der Waals surface area contributed by atoms with Gasteiger partial charge in [-0.1, -0.05) is 6.42 Å². The minimum absolute atomic E-state index is 0.222. The Labute approximate surface area is 199 Å². The monoisotopic (exact) mass is 467 g/mol. The SMILES string of the molecule is c1coc(C(CNc2nc(CN3CCOCC3)nc3sc4c(c23)CCC4)N2CCCCC2)c1. The first-order chi connectivity index (χ1) is 16.3. The summed E-state index contributed by atoms with van der Waals surface area (Å²) < 4.78 is 11.4. The van der Waals surface area contributed by atoms with E-state index < -0.39 is 0 Å². The number of thiophene rings is 1. The summed E-state index contributed by atoms with van der Waals surface area (Å²) in [5.74, 6) is 2.97. The minimum Gasteiger partial charge on any atom is -0.468 e. The van der Waals surface area contributed by atoms with Crippen LogP contribution in [0, 0.1) is 0 Å². The summed E-state index contributed by atoms with van der Waals surface area (Å²) in [6.07, 6.45) is 9.21. The summed E-state index contributed by atoms with van der Waals surface area (Å²) in [6.45, 7) is 7.31. The van der Waals surface area contributed by atoms with Gasteiger partial charge in [-0.3, -0.25) is 9.80 Å². The van der Waals surface area contributed by atoms with E-state index in [1.54, 1.807) is 6.26 Å². The molecule has 2 saturated heterocycles. The molecule has 33 heavy (non-hydrogen) atoms. The second kappa shape index (κ2) is 9.70. The van der Waals surface area contributed by atoms with Crippen LogP contribution in [0.4, 0.5) is 5.82 Å². The summed E-state index contributed by atoms with van der Waals surface area (Å²) in [6, 6.07) is 4.34. The Bertz CT molecular complexity index is 1070. The van der Waals surface area contributed by atoms with Crippen molar-refractivity contribution in [1.82, 2.24) is 19.8 Å². The summed E-state index contributed by atoms with van der Waals surface area (Å²) in [7, 11) is 0. The van der Waals surface area contributed by atoms with Crippen LogP contribution >= 0.6 is 11.3 Å². The lowest BCUT2D eigenvalue weighted by molar-refractivity contribution is 0.0331. The van der Waals surface area contributed by atoms with Crippen molar-refractivity contribution >= 4 is 27.4 Å². The van der Waals surface area contributed by atoms with Gasteiger partial charge in [0.05, 0.1) is 37.4 Å². The molecule has 3 aromatic rings. The fourth-order valence-corrected chi connectivity index (χ4v) is 6.79. The lowest BCUT2D eigenvalue weighted by Gasteiger charge is -2.33. The van der Waals surface area contributed by atoms with Gasteiger partial charge in [0.25, 0.3) is 0 Å². The summed E-state index contributed by atoms with van der Waals surface area (Å²) >= 11 is 1.87. The number of rotatable bonds is 7. The van der Waals surface area contributed by atoms with E-state index in [0.717, 1.165) is 81.1 Å². The van der Waals surface area contributed by atoms with E-state index in [-0.39, 0.29) is 6.04 Å². The molecule has 0 amide bonds. The number of hydrogen-bond acceptors (Lipinski definition) is 8. The van der Waals surface area contributed by atoms with Crippen LogP contribution in [0.2, 0.25) is 0 Å². The predicted octanol–water partition coefficient (Wildman–Crippen LogP) is 4.24. The van der Waals surface area contributed by atoms with E-state index in [0.29, 0.717) is 0 Å². The third-order valence-corrected chi connectivity index (χ3v) is 8.43. The molecule has 5 heterocycles. The van der Waals surface area contributed by atoms with Gasteiger partial charge in [-0.15, -0.1) is 11.3 Å². The molecule has 0 radical (unpaired) electrons. The Morgan fingerprint density at radius 3 is 2.73 bits per heavy atom. The van der Waals surface area contributed by atoms with E-state index in [2.05, 4.69) is 21.2 Å². The highest BCUT2D eigenvalue weighted by atomic mass is 32.1. The van der Waals surface area contributed by atoms with Crippen LogP contribution in [-0.2, 0) is 24.1 Å². The molecule has 7 nitrogen and oxygen atoms in total. The van der Waals surface area contributed by atoms with Crippen LogP contribution in [0.5, 0.6) is 0 Å². The Morgan fingerprint density at radius 1 is 1.03 bits per heavy atom. The van der Waals surface area contributed by atoms with E-state index in [1.165, 1.54) is 47.9 Å². The number of anilines is 1. The largest absolute Gasteiger partial charge is 0.468 e. The van der Waals surface area contributed by atoms with Gasteiger partial charge in [0, 0.05) is 24.5 Å². The number of fused-ring (bicyclic) bond motifs is 3. The zero-order chi connectivity index (χ0) is 22.0. The Hall–Kier alpha value is -2.00. The van der Waals surface area contributed by atoms with Crippen molar-refractivity contribution in [3.05, 3.63) is 40.4 Å². The van der Waals surface area contributed by atoms with Gasteiger partial charge in [0.15, 0.2) is 0 Å². The average molecular weight is 468 g/mol. The number of furan rings is 1. The Balaban J connectivity index is 1.30. The molecule has 3 aromatic heterocycles. The first-order valence-corrected chi connectivity index (χ1v) is 13.3. The second-order valence-corrected chi connectivity index (χ2v) is 10.5. The van der Waals surface area contributed by atoms with Gasteiger partial charge in [-0.05, 0) is 62.9 Å². The van der Waals surface area contributed by atoms with Crippen molar-refractivity contribution in [3.63, 3.8) is 0 Å². The molecule has 0 aromatic carbocycles. The third kappa shape index (κ3) is 4.54. The van der Waals surface area contributed by atoms with Crippen molar-refractivity contribution in [2.24, 2.45) is 0 Å². The lowest BCUT2D eigenvalue weighted by Crippen LogP contribution is -2.37. The molecule has 2 aliphatic heterocycles. The molecule has 1 unspecified atom stereocenters. The lowest BCUT2D eigenvalue weighted by atomic mass is 10.1. The molecule has 3 aliphatic rings. The Morgan fingerprint density at radius 2 is 1.91 bits per heavy atom. The highest BCUT2D eigenvalue weighted by Crippen LogP contribution is 2.40. The van der Waals surface area contributed by atoms with Gasteiger partial charge in [0.2, 0.25) is 0 Å². The molecule has 2 fully saturated rings. The van der Waals surface area contributed by atoms with Crippen LogP contribution in [-0.4, -0.2) is 65.7 Å². The normalized spacial score (nSPS) is 20.8. The molecule has 176 valence electrons. The number of ether oxygens (including phenoxy) is 1. The topological polar surface area (TPSA) is 66.7 Å². The van der Waals surface area contributed by atoms with Gasteiger partial charge < -0.3 is 14.5 Å². The molecule has 0 saturated carbocycles. The first kappa shape index (κ1) is 21.5. The molecular weight excluding hydrogens is 434 g/mol. The van der Waals surface area contributed by atoms with E-state index in [9.17, 15) is 0 Å².